The average Bonchev–Trinajstić information content (AvgIpc) is 2.37. The largest absolute Gasteiger partial charge is 0.481 e. The van der Waals surface area contributed by atoms with E-state index in [1.54, 1.807) is 12.1 Å². The van der Waals surface area contributed by atoms with E-state index in [-0.39, 0.29) is 13.0 Å². The van der Waals surface area contributed by atoms with Crippen LogP contribution in [0.15, 0.2) is 18.2 Å². The molecule has 0 saturated heterocycles. The molecule has 0 aromatic heterocycles. The molecule has 0 aliphatic rings. The van der Waals surface area contributed by atoms with Crippen LogP contribution in [0.3, 0.4) is 0 Å². The Morgan fingerprint density at radius 3 is 2.75 bits per heavy atom. The lowest BCUT2D eigenvalue weighted by molar-refractivity contribution is -0.139. The third-order valence-electron chi connectivity index (χ3n) is 2.41. The molecule has 20 heavy (non-hydrogen) atoms. The minimum atomic E-state index is -0.986. The van der Waals surface area contributed by atoms with Gasteiger partial charge < -0.3 is 20.5 Å². The first-order valence-electron chi connectivity index (χ1n) is 5.67. The molecule has 2 amide bonds. The van der Waals surface area contributed by atoms with Crippen molar-refractivity contribution in [2.24, 2.45) is 0 Å². The highest BCUT2D eigenvalue weighted by Gasteiger charge is 2.14. The van der Waals surface area contributed by atoms with Gasteiger partial charge >= 0.3 is 12.0 Å². The summed E-state index contributed by atoms with van der Waals surface area (Å²) in [6.07, 6.45) is -0.758. The number of carbonyl (C=O) groups is 2. The molecule has 0 radical (unpaired) electrons. The molecular formula is C12H14ClIN2O4. The van der Waals surface area contributed by atoms with Gasteiger partial charge in [0.2, 0.25) is 0 Å². The number of methoxy groups -OCH3 is 1. The number of aliphatic carboxylic acids is 1. The number of nitrogens with one attached hydrogen (secondary N) is 2. The predicted octanol–water partition coefficient (Wildman–Crippen LogP) is 2.56. The normalized spacial score (nSPS) is 11.8. The quantitative estimate of drug-likeness (QED) is 0.627. The van der Waals surface area contributed by atoms with Crippen LogP contribution in [0, 0.1) is 3.57 Å². The molecule has 0 fully saturated rings. The second kappa shape index (κ2) is 8.28. The van der Waals surface area contributed by atoms with E-state index < -0.39 is 18.1 Å². The molecular weight excluding hydrogens is 398 g/mol. The maximum absolute atomic E-state index is 11.7. The fourth-order valence-corrected chi connectivity index (χ4v) is 2.30. The number of carboxylic acid groups (broad SMARTS) is 1. The predicted molar refractivity (Wildman–Crippen MR) is 84.2 cm³/mol. The Morgan fingerprint density at radius 2 is 2.20 bits per heavy atom. The number of carbonyl (C=O) groups excluding carboxylic acids is 1. The first-order chi connectivity index (χ1) is 9.42. The first kappa shape index (κ1) is 17.0. The van der Waals surface area contributed by atoms with Crippen LogP contribution in [0.25, 0.3) is 0 Å². The molecule has 1 rings (SSSR count). The number of ether oxygens (including phenoxy) is 1. The van der Waals surface area contributed by atoms with E-state index in [4.69, 9.17) is 21.4 Å². The van der Waals surface area contributed by atoms with Gasteiger partial charge in [0.05, 0.1) is 23.2 Å². The van der Waals surface area contributed by atoms with E-state index in [1.165, 1.54) is 7.11 Å². The molecule has 0 aliphatic carbocycles. The summed E-state index contributed by atoms with van der Waals surface area (Å²) in [6, 6.07) is 4.75. The van der Waals surface area contributed by atoms with E-state index in [1.807, 2.05) is 6.07 Å². The van der Waals surface area contributed by atoms with Crippen LogP contribution < -0.4 is 10.6 Å². The van der Waals surface area contributed by atoms with Crippen molar-refractivity contribution in [2.75, 3.05) is 19.0 Å². The van der Waals surface area contributed by atoms with Gasteiger partial charge in [-0.05, 0) is 40.8 Å². The summed E-state index contributed by atoms with van der Waals surface area (Å²) in [5.41, 5.74) is 0.483. The molecule has 6 nitrogen and oxygen atoms in total. The zero-order valence-electron chi connectivity index (χ0n) is 10.7. The number of urea groups is 1. The lowest BCUT2D eigenvalue weighted by atomic mass is 10.2. The summed E-state index contributed by atoms with van der Waals surface area (Å²) >= 11 is 8.09. The van der Waals surface area contributed by atoms with Crippen LogP contribution in [0.2, 0.25) is 5.02 Å². The minimum Gasteiger partial charge on any atom is -0.481 e. The summed E-state index contributed by atoms with van der Waals surface area (Å²) in [5, 5.41) is 14.2. The fraction of sp³-hybridized carbons (Fsp3) is 0.333. The Morgan fingerprint density at radius 1 is 1.50 bits per heavy atom. The highest BCUT2D eigenvalue weighted by molar-refractivity contribution is 14.1. The third kappa shape index (κ3) is 5.93. The number of amides is 2. The molecule has 0 saturated carbocycles. The summed E-state index contributed by atoms with van der Waals surface area (Å²) in [5.74, 6) is -0.986. The summed E-state index contributed by atoms with van der Waals surface area (Å²) < 4.78 is 5.91. The van der Waals surface area contributed by atoms with Gasteiger partial charge in [-0.2, -0.15) is 0 Å². The van der Waals surface area contributed by atoms with E-state index in [2.05, 4.69) is 33.2 Å². The maximum Gasteiger partial charge on any atom is 0.319 e. The topological polar surface area (TPSA) is 87.7 Å². The lowest BCUT2D eigenvalue weighted by Gasteiger charge is -2.14. The molecule has 0 bridgehead atoms. The number of anilines is 1. The Kier molecular flexibility index (Phi) is 7.03. The van der Waals surface area contributed by atoms with Crippen LogP contribution >= 0.6 is 34.2 Å². The van der Waals surface area contributed by atoms with Gasteiger partial charge in [0.25, 0.3) is 0 Å². The van der Waals surface area contributed by atoms with Gasteiger partial charge in [0.15, 0.2) is 0 Å². The number of hydrogen-bond acceptors (Lipinski definition) is 3. The van der Waals surface area contributed by atoms with Crippen molar-refractivity contribution < 1.29 is 19.4 Å². The monoisotopic (exact) mass is 412 g/mol. The van der Waals surface area contributed by atoms with Gasteiger partial charge in [-0.1, -0.05) is 11.6 Å². The highest BCUT2D eigenvalue weighted by atomic mass is 127. The smallest absolute Gasteiger partial charge is 0.319 e. The molecule has 3 N–H and O–H groups in total. The van der Waals surface area contributed by atoms with Crippen molar-refractivity contribution in [1.29, 1.82) is 0 Å². The molecule has 110 valence electrons. The van der Waals surface area contributed by atoms with Crippen molar-refractivity contribution in [3.63, 3.8) is 0 Å². The van der Waals surface area contributed by atoms with Crippen molar-refractivity contribution in [3.05, 3.63) is 26.8 Å². The van der Waals surface area contributed by atoms with Gasteiger partial charge in [-0.15, -0.1) is 0 Å². The van der Waals surface area contributed by atoms with Crippen molar-refractivity contribution >= 4 is 51.9 Å². The van der Waals surface area contributed by atoms with Crippen molar-refractivity contribution in [3.8, 4) is 0 Å². The molecule has 0 spiro atoms. The fourth-order valence-electron chi connectivity index (χ4n) is 1.40. The summed E-state index contributed by atoms with van der Waals surface area (Å²) in [4.78, 5) is 22.2. The van der Waals surface area contributed by atoms with Crippen LogP contribution in [0.4, 0.5) is 10.5 Å². The molecule has 1 unspecified atom stereocenters. The van der Waals surface area contributed by atoms with Crippen molar-refractivity contribution in [2.45, 2.75) is 12.5 Å². The maximum atomic E-state index is 11.7. The Hall–Kier alpha value is -1.06. The first-order valence-corrected chi connectivity index (χ1v) is 7.12. The Balaban J connectivity index is 2.49. The van der Waals surface area contributed by atoms with E-state index in [0.29, 0.717) is 10.7 Å². The second-order valence-corrected chi connectivity index (χ2v) is 5.57. The van der Waals surface area contributed by atoms with E-state index >= 15 is 0 Å². The van der Waals surface area contributed by atoms with Crippen LogP contribution in [-0.2, 0) is 9.53 Å². The van der Waals surface area contributed by atoms with Crippen LogP contribution in [0.1, 0.15) is 6.42 Å². The van der Waals surface area contributed by atoms with Gasteiger partial charge in [-0.3, -0.25) is 4.79 Å². The van der Waals surface area contributed by atoms with Crippen LogP contribution in [0.5, 0.6) is 0 Å². The van der Waals surface area contributed by atoms with Gasteiger partial charge in [0.1, 0.15) is 0 Å². The van der Waals surface area contributed by atoms with Crippen molar-refractivity contribution in [1.82, 2.24) is 5.32 Å². The lowest BCUT2D eigenvalue weighted by Crippen LogP contribution is -2.37. The number of benzene rings is 1. The minimum absolute atomic E-state index is 0.0939. The number of halogens is 2. The molecule has 1 atom stereocenters. The molecule has 8 heteroatoms. The Bertz CT molecular complexity index is 498. The zero-order chi connectivity index (χ0) is 15.1. The van der Waals surface area contributed by atoms with E-state index in [9.17, 15) is 9.59 Å². The average molecular weight is 413 g/mol. The molecule has 0 heterocycles. The van der Waals surface area contributed by atoms with Gasteiger partial charge in [0, 0.05) is 17.2 Å². The highest BCUT2D eigenvalue weighted by Crippen LogP contribution is 2.23. The molecule has 0 aliphatic heterocycles. The third-order valence-corrected chi connectivity index (χ3v) is 3.39. The zero-order valence-corrected chi connectivity index (χ0v) is 13.6. The molecule has 1 aromatic rings. The number of hydrogen-bond donors (Lipinski definition) is 3. The van der Waals surface area contributed by atoms with Crippen LogP contribution in [-0.4, -0.2) is 36.9 Å². The standard InChI is InChI=1S/C12H14ClIN2O4/c1-20-8(5-11(17)18)6-15-12(19)16-10-3-2-7(14)4-9(10)13/h2-4,8H,5-6H2,1H3,(H,17,18)(H2,15,16,19). The van der Waals surface area contributed by atoms with Gasteiger partial charge in [-0.25, -0.2) is 4.79 Å². The molecule has 1 aromatic carbocycles. The SMILES string of the molecule is COC(CNC(=O)Nc1ccc(I)cc1Cl)CC(=O)O. The number of carboxylic acids is 1. The second-order valence-electron chi connectivity index (χ2n) is 3.91. The summed E-state index contributed by atoms with van der Waals surface area (Å²) in [6.45, 7) is 0.0939. The van der Waals surface area contributed by atoms with E-state index in [0.717, 1.165) is 3.57 Å². The summed E-state index contributed by atoms with van der Waals surface area (Å²) in [7, 11) is 1.39. The Labute approximate surface area is 135 Å². The number of rotatable bonds is 6.